The minimum atomic E-state index is -0.235. The maximum Gasteiger partial charge on any atom is 0.262 e. The maximum absolute atomic E-state index is 12.4. The van der Waals surface area contributed by atoms with Crippen molar-refractivity contribution in [2.45, 2.75) is 6.92 Å². The van der Waals surface area contributed by atoms with E-state index in [2.05, 4.69) is 22.0 Å². The van der Waals surface area contributed by atoms with E-state index in [4.69, 9.17) is 27.9 Å². The Kier molecular flexibility index (Phi) is 6.83. The lowest BCUT2D eigenvalue weighted by atomic mass is 10.2. The molecule has 1 fully saturated rings. The molecule has 144 valence electrons. The van der Waals surface area contributed by atoms with Gasteiger partial charge < -0.3 is 19.9 Å². The van der Waals surface area contributed by atoms with E-state index in [1.165, 1.54) is 0 Å². The molecule has 0 radical (unpaired) electrons. The Balaban J connectivity index is 1.64. The molecular weight excluding hydrogens is 385 g/mol. The van der Waals surface area contributed by atoms with Crippen LogP contribution in [-0.2, 0) is 4.79 Å². The van der Waals surface area contributed by atoms with Crippen LogP contribution in [0.25, 0.3) is 0 Å². The fourth-order valence-corrected chi connectivity index (χ4v) is 3.35. The van der Waals surface area contributed by atoms with Crippen molar-refractivity contribution in [3.05, 3.63) is 52.5 Å². The second-order valence-electron chi connectivity index (χ2n) is 6.37. The Labute approximate surface area is 169 Å². The van der Waals surface area contributed by atoms with E-state index in [0.717, 1.165) is 38.4 Å². The van der Waals surface area contributed by atoms with Gasteiger partial charge in [0.15, 0.2) is 6.61 Å². The summed E-state index contributed by atoms with van der Waals surface area (Å²) < 4.78 is 5.52. The molecule has 2 aromatic carbocycles. The van der Waals surface area contributed by atoms with Crippen LogP contribution in [0.4, 0.5) is 11.4 Å². The molecule has 0 atom stereocenters. The molecule has 0 bridgehead atoms. The van der Waals surface area contributed by atoms with E-state index < -0.39 is 0 Å². The van der Waals surface area contributed by atoms with Gasteiger partial charge in [-0.2, -0.15) is 0 Å². The van der Waals surface area contributed by atoms with Gasteiger partial charge in [-0.15, -0.1) is 0 Å². The van der Waals surface area contributed by atoms with Crippen molar-refractivity contribution in [1.82, 2.24) is 4.90 Å². The van der Waals surface area contributed by atoms with Crippen LogP contribution < -0.4 is 15.0 Å². The second-order valence-corrected chi connectivity index (χ2v) is 7.25. The number of benzene rings is 2. The number of likely N-dealkylation sites (N-methyl/N-ethyl adjacent to an activating group) is 1. The number of hydrogen-bond acceptors (Lipinski definition) is 4. The number of anilines is 2. The van der Waals surface area contributed by atoms with Crippen molar-refractivity contribution in [2.75, 3.05) is 49.5 Å². The number of hydrogen-bond donors (Lipinski definition) is 1. The lowest BCUT2D eigenvalue weighted by molar-refractivity contribution is -0.118. The van der Waals surface area contributed by atoms with Gasteiger partial charge >= 0.3 is 0 Å². The summed E-state index contributed by atoms with van der Waals surface area (Å²) in [6.45, 7) is 6.99. The summed E-state index contributed by atoms with van der Waals surface area (Å²) >= 11 is 12.0. The molecule has 1 aliphatic rings. The average Bonchev–Trinajstić information content (AvgIpc) is 2.68. The third-order valence-electron chi connectivity index (χ3n) is 4.58. The van der Waals surface area contributed by atoms with E-state index in [1.54, 1.807) is 30.3 Å². The molecule has 5 nitrogen and oxygen atoms in total. The molecule has 0 aliphatic carbocycles. The van der Waals surface area contributed by atoms with Gasteiger partial charge in [0.1, 0.15) is 5.75 Å². The molecule has 3 rings (SSSR count). The number of carbonyl (C=O) groups excluding carboxylic acids is 1. The van der Waals surface area contributed by atoms with Gasteiger partial charge in [-0.05, 0) is 49.0 Å². The Morgan fingerprint density at radius 2 is 1.70 bits per heavy atom. The zero-order valence-electron chi connectivity index (χ0n) is 15.3. The van der Waals surface area contributed by atoms with Crippen molar-refractivity contribution >= 4 is 40.5 Å². The quantitative estimate of drug-likeness (QED) is 0.780. The zero-order valence-corrected chi connectivity index (χ0v) is 16.8. The van der Waals surface area contributed by atoms with Crippen molar-refractivity contribution in [1.29, 1.82) is 0 Å². The van der Waals surface area contributed by atoms with Gasteiger partial charge in [0.05, 0.1) is 11.4 Å². The number of amides is 1. The molecular formula is C20H23Cl2N3O2. The smallest absolute Gasteiger partial charge is 0.262 e. The number of nitrogens with zero attached hydrogens (tertiary/aromatic N) is 2. The number of rotatable bonds is 6. The molecule has 0 aromatic heterocycles. The highest BCUT2D eigenvalue weighted by Crippen LogP contribution is 2.30. The van der Waals surface area contributed by atoms with Gasteiger partial charge in [0.25, 0.3) is 5.91 Å². The van der Waals surface area contributed by atoms with Crippen LogP contribution in [0.2, 0.25) is 10.0 Å². The van der Waals surface area contributed by atoms with Crippen molar-refractivity contribution in [2.24, 2.45) is 0 Å². The van der Waals surface area contributed by atoms with Gasteiger partial charge in [0.2, 0.25) is 0 Å². The highest BCUT2D eigenvalue weighted by molar-refractivity contribution is 6.31. The van der Waals surface area contributed by atoms with E-state index in [1.807, 2.05) is 12.1 Å². The van der Waals surface area contributed by atoms with Crippen LogP contribution in [0.1, 0.15) is 6.92 Å². The third-order valence-corrected chi connectivity index (χ3v) is 5.06. The van der Waals surface area contributed by atoms with Gasteiger partial charge in [0, 0.05) is 36.2 Å². The number of nitrogens with one attached hydrogen (secondary N) is 1. The molecule has 0 unspecified atom stereocenters. The Bertz CT molecular complexity index is 775. The molecule has 1 saturated heterocycles. The maximum atomic E-state index is 12.4. The highest BCUT2D eigenvalue weighted by Gasteiger charge is 2.19. The zero-order chi connectivity index (χ0) is 19.2. The normalized spacial score (nSPS) is 14.9. The van der Waals surface area contributed by atoms with Crippen LogP contribution >= 0.6 is 23.2 Å². The largest absolute Gasteiger partial charge is 0.484 e. The van der Waals surface area contributed by atoms with Gasteiger partial charge in [-0.3, -0.25) is 4.79 Å². The molecule has 1 aliphatic heterocycles. The first-order valence-electron chi connectivity index (χ1n) is 9.00. The summed E-state index contributed by atoms with van der Waals surface area (Å²) in [6, 6.07) is 12.5. The summed E-state index contributed by atoms with van der Waals surface area (Å²) in [5.41, 5.74) is 1.69. The minimum absolute atomic E-state index is 0.0861. The van der Waals surface area contributed by atoms with Crippen molar-refractivity contribution < 1.29 is 9.53 Å². The van der Waals surface area contributed by atoms with Crippen LogP contribution in [0.15, 0.2) is 42.5 Å². The van der Waals surface area contributed by atoms with E-state index >= 15 is 0 Å². The molecule has 1 heterocycles. The molecule has 1 amide bonds. The Morgan fingerprint density at radius 3 is 2.37 bits per heavy atom. The first-order chi connectivity index (χ1) is 13.0. The summed E-state index contributed by atoms with van der Waals surface area (Å²) in [5, 5.41) is 4.13. The summed E-state index contributed by atoms with van der Waals surface area (Å²) in [6.07, 6.45) is 0. The molecule has 0 spiro atoms. The lowest BCUT2D eigenvalue weighted by Crippen LogP contribution is -2.46. The first kappa shape index (κ1) is 19.8. The monoisotopic (exact) mass is 407 g/mol. The topological polar surface area (TPSA) is 44.8 Å². The summed E-state index contributed by atoms with van der Waals surface area (Å²) in [4.78, 5) is 17.0. The van der Waals surface area contributed by atoms with E-state index in [0.29, 0.717) is 21.5 Å². The predicted octanol–water partition coefficient (Wildman–Crippen LogP) is 4.15. The molecule has 0 saturated carbocycles. The summed E-state index contributed by atoms with van der Waals surface area (Å²) in [5.74, 6) is 0.359. The first-order valence-corrected chi connectivity index (χ1v) is 9.76. The number of carbonyl (C=O) groups is 1. The van der Waals surface area contributed by atoms with E-state index in [9.17, 15) is 4.79 Å². The average molecular weight is 408 g/mol. The van der Waals surface area contributed by atoms with Gasteiger partial charge in [-0.25, -0.2) is 0 Å². The summed E-state index contributed by atoms with van der Waals surface area (Å²) in [7, 11) is 0. The Hall–Kier alpha value is -1.95. The Morgan fingerprint density at radius 1 is 1.04 bits per heavy atom. The van der Waals surface area contributed by atoms with Crippen LogP contribution in [-0.4, -0.2) is 50.1 Å². The van der Waals surface area contributed by atoms with Gasteiger partial charge in [-0.1, -0.05) is 30.1 Å². The van der Waals surface area contributed by atoms with Crippen molar-refractivity contribution in [3.63, 3.8) is 0 Å². The molecule has 7 heteroatoms. The molecule has 2 aromatic rings. The number of piperazine rings is 1. The van der Waals surface area contributed by atoms with Crippen LogP contribution in [0, 0.1) is 0 Å². The fourth-order valence-electron chi connectivity index (χ4n) is 3.06. The highest BCUT2D eigenvalue weighted by atomic mass is 35.5. The SMILES string of the molecule is CCN1CCN(c2ccc(Cl)cc2NC(=O)COc2ccc(Cl)cc2)CC1. The standard InChI is InChI=1S/C20H23Cl2N3O2/c1-2-24-9-11-25(12-10-24)19-8-5-16(22)13-18(19)23-20(26)14-27-17-6-3-15(21)4-7-17/h3-8,13H,2,9-12,14H2,1H3,(H,23,26). The predicted molar refractivity (Wildman–Crippen MR) is 111 cm³/mol. The molecule has 27 heavy (non-hydrogen) atoms. The minimum Gasteiger partial charge on any atom is -0.484 e. The second kappa shape index (κ2) is 9.31. The lowest BCUT2D eigenvalue weighted by Gasteiger charge is -2.36. The third kappa shape index (κ3) is 5.51. The number of halogens is 2. The fraction of sp³-hybridized carbons (Fsp3) is 0.350. The molecule has 1 N–H and O–H groups in total. The van der Waals surface area contributed by atoms with Crippen LogP contribution in [0.5, 0.6) is 5.75 Å². The number of ether oxygens (including phenoxy) is 1. The van der Waals surface area contributed by atoms with Crippen molar-refractivity contribution in [3.8, 4) is 5.75 Å². The van der Waals surface area contributed by atoms with E-state index in [-0.39, 0.29) is 12.5 Å². The van der Waals surface area contributed by atoms with Crippen LogP contribution in [0.3, 0.4) is 0 Å².